The Balaban J connectivity index is 2.38. The number of carbonyl (C=O) groups excluding carboxylic acids is 1. The Kier molecular flexibility index (Phi) is 6.89. The maximum atomic E-state index is 12.3. The monoisotopic (exact) mass is 356 g/mol. The number of ether oxygens (including phenoxy) is 2. The second-order valence-electron chi connectivity index (χ2n) is 6.04. The van der Waals surface area contributed by atoms with Gasteiger partial charge in [0.05, 0.1) is 17.9 Å². The molecule has 26 heavy (non-hydrogen) atoms. The van der Waals surface area contributed by atoms with Crippen LogP contribution in [0, 0.1) is 13.8 Å². The highest BCUT2D eigenvalue weighted by Gasteiger charge is 2.19. The Morgan fingerprint density at radius 3 is 2.46 bits per heavy atom. The predicted molar refractivity (Wildman–Crippen MR) is 105 cm³/mol. The molecule has 0 bridgehead atoms. The summed E-state index contributed by atoms with van der Waals surface area (Å²) in [4.78, 5) is 13.9. The zero-order valence-corrected chi connectivity index (χ0v) is 16.3. The molecule has 2 aromatic rings. The number of aryl methyl sites for hydroxylation is 2. The number of hydrogen-bond donors (Lipinski definition) is 1. The van der Waals surface area contributed by atoms with E-state index >= 15 is 0 Å². The summed E-state index contributed by atoms with van der Waals surface area (Å²) in [6.07, 6.45) is 0. The van der Waals surface area contributed by atoms with Gasteiger partial charge in [0.25, 0.3) is 0 Å². The average Bonchev–Trinajstić information content (AvgIpc) is 2.63. The Labute approximate surface area is 155 Å². The van der Waals surface area contributed by atoms with Gasteiger partial charge < -0.3 is 14.8 Å². The highest BCUT2D eigenvalue weighted by atomic mass is 16.5. The van der Waals surface area contributed by atoms with Crippen molar-refractivity contribution < 1.29 is 14.3 Å². The van der Waals surface area contributed by atoms with E-state index in [-0.39, 0.29) is 6.03 Å². The van der Waals surface area contributed by atoms with Crippen LogP contribution in [0.3, 0.4) is 0 Å². The van der Waals surface area contributed by atoms with Crippen molar-refractivity contribution in [1.29, 1.82) is 0 Å². The van der Waals surface area contributed by atoms with Gasteiger partial charge in [0, 0.05) is 13.6 Å². The van der Waals surface area contributed by atoms with E-state index in [0.717, 1.165) is 28.3 Å². The largest absolute Gasteiger partial charge is 0.493 e. The molecule has 0 unspecified atom stereocenters. The van der Waals surface area contributed by atoms with Crippen molar-refractivity contribution >= 4 is 11.7 Å². The summed E-state index contributed by atoms with van der Waals surface area (Å²) in [6.45, 7) is 9.39. The number of nitrogens with one attached hydrogen (secondary N) is 1. The number of rotatable bonds is 7. The number of amides is 2. The van der Waals surface area contributed by atoms with Gasteiger partial charge >= 0.3 is 6.03 Å². The van der Waals surface area contributed by atoms with E-state index in [4.69, 9.17) is 9.47 Å². The molecule has 0 radical (unpaired) electrons. The van der Waals surface area contributed by atoms with Gasteiger partial charge in [0.1, 0.15) is 18.1 Å². The lowest BCUT2D eigenvalue weighted by atomic mass is 10.1. The summed E-state index contributed by atoms with van der Waals surface area (Å²) in [7, 11) is 1.63. The molecule has 5 heteroatoms. The van der Waals surface area contributed by atoms with Gasteiger partial charge in [-0.2, -0.15) is 0 Å². The molecule has 0 spiro atoms. The van der Waals surface area contributed by atoms with Gasteiger partial charge in [-0.3, -0.25) is 4.90 Å². The number of benzene rings is 2. The predicted octanol–water partition coefficient (Wildman–Crippen LogP) is 4.45. The van der Waals surface area contributed by atoms with Gasteiger partial charge in [0.2, 0.25) is 0 Å². The van der Waals surface area contributed by atoms with Crippen molar-refractivity contribution in [2.24, 2.45) is 0 Å². The third-order valence-electron chi connectivity index (χ3n) is 4.18. The third kappa shape index (κ3) is 4.48. The quantitative estimate of drug-likeness (QED) is 0.797. The first-order valence-electron chi connectivity index (χ1n) is 8.95. The Morgan fingerprint density at radius 2 is 1.85 bits per heavy atom. The zero-order chi connectivity index (χ0) is 19.1. The summed E-state index contributed by atoms with van der Waals surface area (Å²) in [6, 6.07) is 11.7. The average molecular weight is 356 g/mol. The highest BCUT2D eigenvalue weighted by Crippen LogP contribution is 2.32. The van der Waals surface area contributed by atoms with Crippen molar-refractivity contribution in [3.05, 3.63) is 53.1 Å². The summed E-state index contributed by atoms with van der Waals surface area (Å²) in [5, 5.41) is 2.69. The van der Waals surface area contributed by atoms with Crippen LogP contribution >= 0.6 is 0 Å². The molecule has 140 valence electrons. The lowest BCUT2D eigenvalue weighted by Crippen LogP contribution is -2.38. The van der Waals surface area contributed by atoms with Crippen LogP contribution in [0.15, 0.2) is 36.4 Å². The van der Waals surface area contributed by atoms with Crippen molar-refractivity contribution in [3.63, 3.8) is 0 Å². The maximum Gasteiger partial charge on any atom is 0.321 e. The Morgan fingerprint density at radius 1 is 1.08 bits per heavy atom. The normalized spacial score (nSPS) is 10.3. The van der Waals surface area contributed by atoms with Crippen LogP contribution in [-0.2, 0) is 6.61 Å². The molecular weight excluding hydrogens is 328 g/mol. The van der Waals surface area contributed by atoms with Crippen LogP contribution in [0.25, 0.3) is 0 Å². The van der Waals surface area contributed by atoms with Crippen LogP contribution in [0.5, 0.6) is 11.5 Å². The standard InChI is InChI=1S/C21H28N2O3/c1-6-23(21(24)22-5)18-9-8-10-20(25-7-2)17(18)14-26-19-12-11-15(3)13-16(19)4/h8-13H,6-7,14H2,1-5H3,(H,22,24). The van der Waals surface area contributed by atoms with E-state index < -0.39 is 0 Å². The minimum Gasteiger partial charge on any atom is -0.493 e. The topological polar surface area (TPSA) is 50.8 Å². The van der Waals surface area contributed by atoms with Crippen molar-refractivity contribution in [2.75, 3.05) is 25.1 Å². The molecule has 0 atom stereocenters. The summed E-state index contributed by atoms with van der Waals surface area (Å²) in [5.74, 6) is 1.56. The molecule has 0 aromatic heterocycles. The SMILES string of the molecule is CCOc1cccc(N(CC)C(=O)NC)c1COc1ccc(C)cc1C. The summed E-state index contributed by atoms with van der Waals surface area (Å²) in [5.41, 5.74) is 3.93. The first kappa shape index (κ1) is 19.6. The lowest BCUT2D eigenvalue weighted by Gasteiger charge is -2.25. The molecule has 0 heterocycles. The molecule has 2 aromatic carbocycles. The molecule has 0 saturated heterocycles. The molecule has 0 saturated carbocycles. The molecule has 0 aliphatic heterocycles. The first-order valence-corrected chi connectivity index (χ1v) is 8.95. The van der Waals surface area contributed by atoms with Crippen LogP contribution in [0.2, 0.25) is 0 Å². The van der Waals surface area contributed by atoms with E-state index in [1.54, 1.807) is 11.9 Å². The molecule has 0 aliphatic rings. The van der Waals surface area contributed by atoms with Gasteiger partial charge in [0.15, 0.2) is 0 Å². The smallest absolute Gasteiger partial charge is 0.321 e. The van der Waals surface area contributed by atoms with Crippen molar-refractivity contribution in [3.8, 4) is 11.5 Å². The van der Waals surface area contributed by atoms with E-state index in [2.05, 4.69) is 18.3 Å². The number of nitrogens with zero attached hydrogens (tertiary/aromatic N) is 1. The minimum atomic E-state index is -0.158. The summed E-state index contributed by atoms with van der Waals surface area (Å²) < 4.78 is 11.9. The highest BCUT2D eigenvalue weighted by molar-refractivity contribution is 5.93. The molecule has 2 amide bonds. The van der Waals surface area contributed by atoms with Gasteiger partial charge in [-0.05, 0) is 51.5 Å². The fourth-order valence-electron chi connectivity index (χ4n) is 2.91. The minimum absolute atomic E-state index is 0.158. The number of carbonyl (C=O) groups is 1. The second-order valence-corrected chi connectivity index (χ2v) is 6.04. The molecule has 1 N–H and O–H groups in total. The fourth-order valence-corrected chi connectivity index (χ4v) is 2.91. The van der Waals surface area contributed by atoms with Gasteiger partial charge in [-0.15, -0.1) is 0 Å². The van der Waals surface area contributed by atoms with Crippen LogP contribution in [0.1, 0.15) is 30.5 Å². The fraction of sp³-hybridized carbons (Fsp3) is 0.381. The molecule has 5 nitrogen and oxygen atoms in total. The van der Waals surface area contributed by atoms with Crippen molar-refractivity contribution in [1.82, 2.24) is 5.32 Å². The Hall–Kier alpha value is -2.69. The maximum absolute atomic E-state index is 12.3. The van der Waals surface area contributed by atoms with Crippen molar-refractivity contribution in [2.45, 2.75) is 34.3 Å². The molecular formula is C21H28N2O3. The Bertz CT molecular complexity index is 759. The van der Waals surface area contributed by atoms with E-state index in [0.29, 0.717) is 19.8 Å². The van der Waals surface area contributed by atoms with E-state index in [9.17, 15) is 4.79 Å². The molecule has 0 aliphatic carbocycles. The number of anilines is 1. The zero-order valence-electron chi connectivity index (χ0n) is 16.3. The first-order chi connectivity index (χ1) is 12.5. The van der Waals surface area contributed by atoms with E-state index in [1.807, 2.05) is 51.1 Å². The molecule has 2 rings (SSSR count). The number of urea groups is 1. The summed E-state index contributed by atoms with van der Waals surface area (Å²) >= 11 is 0. The van der Waals surface area contributed by atoms with Gasteiger partial charge in [-0.25, -0.2) is 4.79 Å². The van der Waals surface area contributed by atoms with Gasteiger partial charge in [-0.1, -0.05) is 23.8 Å². The van der Waals surface area contributed by atoms with E-state index in [1.165, 1.54) is 5.56 Å². The lowest BCUT2D eigenvalue weighted by molar-refractivity contribution is 0.248. The number of hydrogen-bond acceptors (Lipinski definition) is 3. The third-order valence-corrected chi connectivity index (χ3v) is 4.18. The van der Waals surface area contributed by atoms with Crippen LogP contribution in [0.4, 0.5) is 10.5 Å². The second kappa shape index (κ2) is 9.13. The molecule has 0 fully saturated rings. The van der Waals surface area contributed by atoms with Crippen LogP contribution in [-0.4, -0.2) is 26.2 Å². The van der Waals surface area contributed by atoms with Crippen LogP contribution < -0.4 is 19.7 Å².